The van der Waals surface area contributed by atoms with Gasteiger partial charge in [-0.05, 0) is 37.7 Å². The van der Waals surface area contributed by atoms with Gasteiger partial charge in [0.05, 0.1) is 6.54 Å². The summed E-state index contributed by atoms with van der Waals surface area (Å²) in [5.41, 5.74) is 1.29. The lowest BCUT2D eigenvalue weighted by molar-refractivity contribution is 0.235. The summed E-state index contributed by atoms with van der Waals surface area (Å²) in [5, 5.41) is 6.74. The van der Waals surface area contributed by atoms with Gasteiger partial charge in [-0.15, -0.1) is 0 Å². The number of rotatable bonds is 8. The van der Waals surface area contributed by atoms with E-state index in [1.807, 2.05) is 19.2 Å². The molecule has 0 bridgehead atoms. The third-order valence-corrected chi connectivity index (χ3v) is 4.27. The van der Waals surface area contributed by atoms with Crippen LogP contribution in [0.1, 0.15) is 25.8 Å². The average molecular weight is 318 g/mol. The Morgan fingerprint density at radius 1 is 1.26 bits per heavy atom. The summed E-state index contributed by atoms with van der Waals surface area (Å²) >= 11 is 0. The van der Waals surface area contributed by atoms with Crippen molar-refractivity contribution in [3.05, 3.63) is 29.8 Å². The van der Waals surface area contributed by atoms with Crippen molar-refractivity contribution in [3.63, 3.8) is 0 Å². The lowest BCUT2D eigenvalue weighted by Gasteiger charge is -2.19. The molecule has 0 aliphatic carbocycles. The minimum Gasteiger partial charge on any atom is -0.488 e. The predicted octanol–water partition coefficient (Wildman–Crippen LogP) is 1.89. The molecule has 0 amide bonds. The SMILES string of the molecule is CCN(CC)CCCNC(=NC)NCC1Cc2ccccc2O1. The molecular formula is C18H30N4O. The third kappa shape index (κ3) is 5.43. The standard InChI is InChI=1S/C18H30N4O/c1-4-22(5-2)12-8-11-20-18(19-3)21-14-16-13-15-9-6-7-10-17(15)23-16/h6-7,9-10,16H,4-5,8,11-14H2,1-3H3,(H2,19,20,21). The first-order valence-electron chi connectivity index (χ1n) is 8.68. The molecule has 1 atom stereocenters. The van der Waals surface area contributed by atoms with Crippen LogP contribution in [-0.2, 0) is 6.42 Å². The number of hydrogen-bond donors (Lipinski definition) is 2. The summed E-state index contributed by atoms with van der Waals surface area (Å²) in [6, 6.07) is 8.25. The molecule has 0 spiro atoms. The van der Waals surface area contributed by atoms with Crippen molar-refractivity contribution in [2.45, 2.75) is 32.8 Å². The first kappa shape index (κ1) is 17.6. The molecule has 0 aromatic heterocycles. The number of aliphatic imine (C=N–C) groups is 1. The summed E-state index contributed by atoms with van der Waals surface area (Å²) in [4.78, 5) is 6.71. The molecule has 0 fully saturated rings. The molecular weight excluding hydrogens is 288 g/mol. The molecule has 2 N–H and O–H groups in total. The molecule has 23 heavy (non-hydrogen) atoms. The fourth-order valence-electron chi connectivity index (χ4n) is 2.85. The quantitative estimate of drug-likeness (QED) is 0.437. The van der Waals surface area contributed by atoms with Crippen molar-refractivity contribution in [1.82, 2.24) is 15.5 Å². The molecule has 5 heteroatoms. The van der Waals surface area contributed by atoms with Gasteiger partial charge in [0, 0.05) is 20.0 Å². The van der Waals surface area contributed by atoms with Crippen LogP contribution < -0.4 is 15.4 Å². The predicted molar refractivity (Wildman–Crippen MR) is 96.3 cm³/mol. The number of fused-ring (bicyclic) bond motifs is 1. The van der Waals surface area contributed by atoms with E-state index in [9.17, 15) is 0 Å². The molecule has 128 valence electrons. The van der Waals surface area contributed by atoms with Gasteiger partial charge >= 0.3 is 0 Å². The second kappa shape index (κ2) is 9.40. The van der Waals surface area contributed by atoms with Crippen LogP contribution in [0.4, 0.5) is 0 Å². The van der Waals surface area contributed by atoms with Crippen LogP contribution >= 0.6 is 0 Å². The Morgan fingerprint density at radius 3 is 2.74 bits per heavy atom. The number of hydrogen-bond acceptors (Lipinski definition) is 3. The molecule has 1 aromatic carbocycles. The van der Waals surface area contributed by atoms with E-state index in [2.05, 4.69) is 46.5 Å². The first-order valence-corrected chi connectivity index (χ1v) is 8.68. The molecule has 0 saturated heterocycles. The monoisotopic (exact) mass is 318 g/mol. The van der Waals surface area contributed by atoms with E-state index < -0.39 is 0 Å². The van der Waals surface area contributed by atoms with Crippen LogP contribution in [0.25, 0.3) is 0 Å². The fourth-order valence-corrected chi connectivity index (χ4v) is 2.85. The Balaban J connectivity index is 1.64. The zero-order chi connectivity index (χ0) is 16.5. The number of nitrogens with one attached hydrogen (secondary N) is 2. The Labute approximate surface area is 140 Å². The Kier molecular flexibility index (Phi) is 7.20. The van der Waals surface area contributed by atoms with Gasteiger partial charge in [0.2, 0.25) is 0 Å². The summed E-state index contributed by atoms with van der Waals surface area (Å²) < 4.78 is 5.94. The number of benzene rings is 1. The summed E-state index contributed by atoms with van der Waals surface area (Å²) in [6.45, 7) is 9.46. The molecule has 0 radical (unpaired) electrons. The summed E-state index contributed by atoms with van der Waals surface area (Å²) in [6.07, 6.45) is 2.26. The van der Waals surface area contributed by atoms with Crippen molar-refractivity contribution in [1.29, 1.82) is 0 Å². The largest absolute Gasteiger partial charge is 0.488 e. The number of guanidine groups is 1. The van der Waals surface area contributed by atoms with E-state index in [1.54, 1.807) is 0 Å². The van der Waals surface area contributed by atoms with Crippen LogP contribution in [0.2, 0.25) is 0 Å². The molecule has 1 aliphatic rings. The maximum Gasteiger partial charge on any atom is 0.191 e. The zero-order valence-corrected chi connectivity index (χ0v) is 14.6. The highest BCUT2D eigenvalue weighted by Crippen LogP contribution is 2.27. The van der Waals surface area contributed by atoms with E-state index in [-0.39, 0.29) is 6.10 Å². The van der Waals surface area contributed by atoms with Crippen molar-refractivity contribution in [3.8, 4) is 5.75 Å². The molecule has 5 nitrogen and oxygen atoms in total. The lowest BCUT2D eigenvalue weighted by Crippen LogP contribution is -2.43. The van der Waals surface area contributed by atoms with E-state index >= 15 is 0 Å². The van der Waals surface area contributed by atoms with Gasteiger partial charge in [0.15, 0.2) is 5.96 Å². The van der Waals surface area contributed by atoms with Gasteiger partial charge in [-0.25, -0.2) is 0 Å². The third-order valence-electron chi connectivity index (χ3n) is 4.27. The van der Waals surface area contributed by atoms with Gasteiger partial charge < -0.3 is 20.3 Å². The number of nitrogens with zero attached hydrogens (tertiary/aromatic N) is 2. The van der Waals surface area contributed by atoms with Gasteiger partial charge in [-0.3, -0.25) is 4.99 Å². The Bertz CT molecular complexity index is 475. The van der Waals surface area contributed by atoms with Crippen molar-refractivity contribution in [2.24, 2.45) is 4.99 Å². The highest BCUT2D eigenvalue weighted by Gasteiger charge is 2.22. The van der Waals surface area contributed by atoms with Crippen LogP contribution in [0, 0.1) is 0 Å². The van der Waals surface area contributed by atoms with Crippen LogP contribution in [0.3, 0.4) is 0 Å². The molecule has 1 heterocycles. The second-order valence-electron chi connectivity index (χ2n) is 5.81. The first-order chi connectivity index (χ1) is 11.3. The summed E-state index contributed by atoms with van der Waals surface area (Å²) in [7, 11) is 1.81. The van der Waals surface area contributed by atoms with Crippen molar-refractivity contribution in [2.75, 3.05) is 39.8 Å². The van der Waals surface area contributed by atoms with Crippen molar-refractivity contribution < 1.29 is 4.74 Å². The average Bonchev–Trinajstić information content (AvgIpc) is 3.00. The van der Waals surface area contributed by atoms with Gasteiger partial charge in [-0.2, -0.15) is 0 Å². The van der Waals surface area contributed by atoms with E-state index in [4.69, 9.17) is 4.74 Å². The zero-order valence-electron chi connectivity index (χ0n) is 14.6. The summed E-state index contributed by atoms with van der Waals surface area (Å²) in [5.74, 6) is 1.87. The maximum absolute atomic E-state index is 5.94. The highest BCUT2D eigenvalue weighted by atomic mass is 16.5. The highest BCUT2D eigenvalue weighted by molar-refractivity contribution is 5.79. The van der Waals surface area contributed by atoms with Gasteiger partial charge in [-0.1, -0.05) is 32.0 Å². The molecule has 2 rings (SSSR count). The van der Waals surface area contributed by atoms with Gasteiger partial charge in [0.25, 0.3) is 0 Å². The van der Waals surface area contributed by atoms with Crippen LogP contribution in [0.15, 0.2) is 29.3 Å². The Hall–Kier alpha value is -1.75. The minimum absolute atomic E-state index is 0.182. The molecule has 1 aromatic rings. The maximum atomic E-state index is 5.94. The van der Waals surface area contributed by atoms with Crippen molar-refractivity contribution >= 4 is 5.96 Å². The van der Waals surface area contributed by atoms with Gasteiger partial charge in [0.1, 0.15) is 11.9 Å². The molecule has 0 saturated carbocycles. The number of ether oxygens (including phenoxy) is 1. The molecule has 1 aliphatic heterocycles. The smallest absolute Gasteiger partial charge is 0.191 e. The van der Waals surface area contributed by atoms with E-state index in [1.165, 1.54) is 5.56 Å². The van der Waals surface area contributed by atoms with Crippen LogP contribution in [0.5, 0.6) is 5.75 Å². The lowest BCUT2D eigenvalue weighted by atomic mass is 10.1. The topological polar surface area (TPSA) is 48.9 Å². The number of para-hydroxylation sites is 1. The van der Waals surface area contributed by atoms with Crippen LogP contribution in [-0.4, -0.2) is 56.7 Å². The molecule has 1 unspecified atom stereocenters. The van der Waals surface area contributed by atoms with E-state index in [0.29, 0.717) is 0 Å². The second-order valence-corrected chi connectivity index (χ2v) is 5.81. The minimum atomic E-state index is 0.182. The normalized spacial score (nSPS) is 17.0. The fraction of sp³-hybridized carbons (Fsp3) is 0.611. The Morgan fingerprint density at radius 2 is 2.04 bits per heavy atom. The van der Waals surface area contributed by atoms with E-state index in [0.717, 1.165) is 57.3 Å².